The Kier molecular flexibility index (Phi) is 4.30. The quantitative estimate of drug-likeness (QED) is 0.904. The first-order chi connectivity index (χ1) is 11.7. The minimum atomic E-state index is 0.0539. The molecule has 1 aliphatic heterocycles. The summed E-state index contributed by atoms with van der Waals surface area (Å²) in [5.41, 5.74) is 1.22. The van der Waals surface area contributed by atoms with Crippen LogP contribution in [-0.4, -0.2) is 29.8 Å². The van der Waals surface area contributed by atoms with E-state index >= 15 is 0 Å². The lowest BCUT2D eigenvalue weighted by atomic mass is 9.94. The first kappa shape index (κ1) is 15.7. The van der Waals surface area contributed by atoms with E-state index in [9.17, 15) is 9.59 Å². The van der Waals surface area contributed by atoms with Gasteiger partial charge in [0, 0.05) is 24.9 Å². The topological polar surface area (TPSA) is 49.4 Å². The zero-order chi connectivity index (χ0) is 16.5. The van der Waals surface area contributed by atoms with Crippen LogP contribution < -0.4 is 5.32 Å². The summed E-state index contributed by atoms with van der Waals surface area (Å²) in [6.07, 6.45) is 6.12. The fraction of sp³-hybridized carbons (Fsp3) is 0.600. The minimum Gasteiger partial charge on any atom is -0.349 e. The number of carbonyl (C=O) groups excluding carboxylic acids is 2. The van der Waals surface area contributed by atoms with Crippen molar-refractivity contribution in [2.45, 2.75) is 44.6 Å². The van der Waals surface area contributed by atoms with Crippen molar-refractivity contribution in [3.8, 4) is 0 Å². The predicted octanol–water partition coefficient (Wildman–Crippen LogP) is 2.90. The van der Waals surface area contributed by atoms with Crippen LogP contribution in [0, 0.1) is 17.8 Å². The fourth-order valence-electron chi connectivity index (χ4n) is 3.78. The summed E-state index contributed by atoms with van der Waals surface area (Å²) in [6.45, 7) is 1.49. The molecule has 1 saturated heterocycles. The lowest BCUT2D eigenvalue weighted by Gasteiger charge is -2.32. The molecule has 3 aliphatic rings. The Balaban J connectivity index is 1.33. The first-order valence-corrected chi connectivity index (χ1v) is 9.36. The largest absolute Gasteiger partial charge is 0.349 e. The summed E-state index contributed by atoms with van der Waals surface area (Å²) >= 11 is 0. The van der Waals surface area contributed by atoms with Gasteiger partial charge < -0.3 is 10.2 Å². The monoisotopic (exact) mass is 326 g/mol. The summed E-state index contributed by atoms with van der Waals surface area (Å²) < 4.78 is 0. The molecular weight excluding hydrogens is 300 g/mol. The molecule has 4 nitrogen and oxygen atoms in total. The van der Waals surface area contributed by atoms with Crippen LogP contribution in [0.2, 0.25) is 0 Å². The van der Waals surface area contributed by atoms with Gasteiger partial charge in [0.25, 0.3) is 0 Å². The molecule has 4 heteroatoms. The molecule has 2 saturated carbocycles. The van der Waals surface area contributed by atoms with Crippen molar-refractivity contribution in [2.75, 3.05) is 13.1 Å². The standard InChI is InChI=1S/C20H26N2O2/c23-19(16-10-12-22(13-11-16)20(24)17-8-9-17)21-18(15-6-7-15)14-4-2-1-3-5-14/h1-5,15-18H,6-13H2,(H,21,23). The highest BCUT2D eigenvalue weighted by Gasteiger charge is 2.38. The van der Waals surface area contributed by atoms with Crippen molar-refractivity contribution >= 4 is 11.8 Å². The molecule has 1 N–H and O–H groups in total. The molecule has 128 valence electrons. The summed E-state index contributed by atoms with van der Waals surface area (Å²) in [6, 6.07) is 10.5. The molecule has 2 aliphatic carbocycles. The highest BCUT2D eigenvalue weighted by molar-refractivity contribution is 5.82. The Morgan fingerprint density at radius 2 is 1.58 bits per heavy atom. The lowest BCUT2D eigenvalue weighted by molar-refractivity contribution is -0.136. The molecular formula is C20H26N2O2. The molecule has 0 bridgehead atoms. The van der Waals surface area contributed by atoms with Crippen LogP contribution in [0.15, 0.2) is 30.3 Å². The van der Waals surface area contributed by atoms with Gasteiger partial charge in [0.05, 0.1) is 6.04 Å². The van der Waals surface area contributed by atoms with E-state index in [-0.39, 0.29) is 23.8 Å². The molecule has 1 atom stereocenters. The summed E-state index contributed by atoms with van der Waals surface area (Å²) in [5, 5.41) is 3.30. The highest BCUT2D eigenvalue weighted by atomic mass is 16.2. The van der Waals surface area contributed by atoms with Crippen LogP contribution in [0.3, 0.4) is 0 Å². The summed E-state index contributed by atoms with van der Waals surface area (Å²) in [4.78, 5) is 26.8. The zero-order valence-corrected chi connectivity index (χ0v) is 14.1. The number of piperidine rings is 1. The van der Waals surface area contributed by atoms with E-state index in [0.29, 0.717) is 11.8 Å². The average Bonchev–Trinajstić information content (AvgIpc) is 3.51. The van der Waals surface area contributed by atoms with Crippen LogP contribution in [0.1, 0.15) is 50.1 Å². The van der Waals surface area contributed by atoms with Gasteiger partial charge in [0.2, 0.25) is 11.8 Å². The number of nitrogens with zero attached hydrogens (tertiary/aromatic N) is 1. The Morgan fingerprint density at radius 3 is 2.17 bits per heavy atom. The molecule has 2 amide bonds. The van der Waals surface area contributed by atoms with Gasteiger partial charge >= 0.3 is 0 Å². The number of hydrogen-bond donors (Lipinski definition) is 1. The van der Waals surface area contributed by atoms with Gasteiger partial charge in [-0.05, 0) is 50.0 Å². The van der Waals surface area contributed by atoms with E-state index in [1.54, 1.807) is 0 Å². The van der Waals surface area contributed by atoms with E-state index in [1.807, 2.05) is 23.1 Å². The second kappa shape index (κ2) is 6.58. The maximum Gasteiger partial charge on any atom is 0.225 e. The number of nitrogens with one attached hydrogen (secondary N) is 1. The van der Waals surface area contributed by atoms with Gasteiger partial charge in [-0.1, -0.05) is 30.3 Å². The second-order valence-electron chi connectivity index (χ2n) is 7.61. The van der Waals surface area contributed by atoms with Crippen molar-refractivity contribution in [1.82, 2.24) is 10.2 Å². The van der Waals surface area contributed by atoms with Gasteiger partial charge in [-0.25, -0.2) is 0 Å². The smallest absolute Gasteiger partial charge is 0.225 e. The number of rotatable bonds is 5. The average molecular weight is 326 g/mol. The van der Waals surface area contributed by atoms with Crippen molar-refractivity contribution in [3.63, 3.8) is 0 Å². The molecule has 0 spiro atoms. The van der Waals surface area contributed by atoms with Gasteiger partial charge in [-0.2, -0.15) is 0 Å². The Bertz CT molecular complexity index is 599. The van der Waals surface area contributed by atoms with Crippen LogP contribution in [0.4, 0.5) is 0 Å². The normalized spacial score (nSPS) is 22.9. The maximum absolute atomic E-state index is 12.7. The van der Waals surface area contributed by atoms with E-state index in [1.165, 1.54) is 18.4 Å². The lowest BCUT2D eigenvalue weighted by Crippen LogP contribution is -2.44. The fourth-order valence-corrected chi connectivity index (χ4v) is 3.78. The SMILES string of the molecule is O=C(NC(c1ccccc1)C1CC1)C1CCN(C(=O)C2CC2)CC1. The molecule has 1 unspecified atom stereocenters. The number of hydrogen-bond acceptors (Lipinski definition) is 2. The molecule has 1 aromatic rings. The first-order valence-electron chi connectivity index (χ1n) is 9.36. The molecule has 4 rings (SSSR count). The highest BCUT2D eigenvalue weighted by Crippen LogP contribution is 2.41. The van der Waals surface area contributed by atoms with Gasteiger partial charge in [-0.15, -0.1) is 0 Å². The Labute approximate surface area is 143 Å². The molecule has 3 fully saturated rings. The Morgan fingerprint density at radius 1 is 0.917 bits per heavy atom. The van der Waals surface area contributed by atoms with Gasteiger partial charge in [-0.3, -0.25) is 9.59 Å². The van der Waals surface area contributed by atoms with Crippen molar-refractivity contribution in [3.05, 3.63) is 35.9 Å². The van der Waals surface area contributed by atoms with E-state index < -0.39 is 0 Å². The molecule has 1 aromatic carbocycles. The predicted molar refractivity (Wildman–Crippen MR) is 92.1 cm³/mol. The second-order valence-corrected chi connectivity index (χ2v) is 7.61. The number of benzene rings is 1. The van der Waals surface area contributed by atoms with E-state index in [2.05, 4.69) is 17.4 Å². The number of carbonyl (C=O) groups is 2. The van der Waals surface area contributed by atoms with Crippen molar-refractivity contribution in [1.29, 1.82) is 0 Å². The van der Waals surface area contributed by atoms with Crippen LogP contribution >= 0.6 is 0 Å². The maximum atomic E-state index is 12.7. The molecule has 24 heavy (non-hydrogen) atoms. The van der Waals surface area contributed by atoms with Crippen LogP contribution in [0.5, 0.6) is 0 Å². The third-order valence-corrected chi connectivity index (χ3v) is 5.65. The van der Waals surface area contributed by atoms with Gasteiger partial charge in [0.15, 0.2) is 0 Å². The number of likely N-dealkylation sites (tertiary alicyclic amines) is 1. The van der Waals surface area contributed by atoms with Crippen molar-refractivity contribution in [2.24, 2.45) is 17.8 Å². The third-order valence-electron chi connectivity index (χ3n) is 5.65. The van der Waals surface area contributed by atoms with Crippen LogP contribution in [-0.2, 0) is 9.59 Å². The zero-order valence-electron chi connectivity index (χ0n) is 14.1. The van der Waals surface area contributed by atoms with Gasteiger partial charge in [0.1, 0.15) is 0 Å². The molecule has 1 heterocycles. The molecule has 0 aromatic heterocycles. The third kappa shape index (κ3) is 3.47. The number of amides is 2. The summed E-state index contributed by atoms with van der Waals surface area (Å²) in [7, 11) is 0. The van der Waals surface area contributed by atoms with E-state index in [4.69, 9.17) is 0 Å². The molecule has 0 radical (unpaired) electrons. The van der Waals surface area contributed by atoms with E-state index in [0.717, 1.165) is 38.8 Å². The Hall–Kier alpha value is -1.84. The van der Waals surface area contributed by atoms with Crippen molar-refractivity contribution < 1.29 is 9.59 Å². The minimum absolute atomic E-state index is 0.0539. The summed E-state index contributed by atoms with van der Waals surface area (Å²) in [5.74, 6) is 1.42. The van der Waals surface area contributed by atoms with Crippen LogP contribution in [0.25, 0.3) is 0 Å².